The zero-order chi connectivity index (χ0) is 12.5. The maximum Gasteiger partial charge on any atom is 0.172 e. The van der Waals surface area contributed by atoms with Crippen LogP contribution >= 0.6 is 0 Å². The van der Waals surface area contributed by atoms with Gasteiger partial charge < -0.3 is 14.8 Å². The Morgan fingerprint density at radius 3 is 2.12 bits per heavy atom. The number of ether oxygens (including phenoxy) is 2. The van der Waals surface area contributed by atoms with Crippen LogP contribution in [0.1, 0.15) is 52.9 Å². The molecule has 1 aliphatic carbocycles. The van der Waals surface area contributed by atoms with Gasteiger partial charge in [0.15, 0.2) is 6.29 Å². The van der Waals surface area contributed by atoms with Gasteiger partial charge in [-0.1, -0.05) is 19.8 Å². The number of rotatable bonds is 9. The highest BCUT2D eigenvalue weighted by Gasteiger charge is 2.31. The van der Waals surface area contributed by atoms with Crippen LogP contribution in [0.5, 0.6) is 0 Å². The fourth-order valence-electron chi connectivity index (χ4n) is 2.70. The van der Waals surface area contributed by atoms with Gasteiger partial charge in [-0.2, -0.15) is 0 Å². The lowest BCUT2D eigenvalue weighted by molar-refractivity contribution is -0.162. The molecular weight excluding hydrogens is 214 g/mol. The van der Waals surface area contributed by atoms with Crippen LogP contribution in [-0.4, -0.2) is 32.1 Å². The molecule has 0 amide bonds. The molecule has 1 N–H and O–H groups in total. The van der Waals surface area contributed by atoms with Crippen molar-refractivity contribution in [2.45, 2.75) is 65.2 Å². The largest absolute Gasteiger partial charge is 0.351 e. The van der Waals surface area contributed by atoms with Crippen LogP contribution in [0, 0.1) is 5.92 Å². The van der Waals surface area contributed by atoms with Gasteiger partial charge in [-0.15, -0.1) is 0 Å². The predicted molar refractivity (Wildman–Crippen MR) is 71.1 cm³/mol. The SMILES string of the molecule is CCCNC(C1CCCC1)C(OCC)OCC. The second-order valence-corrected chi connectivity index (χ2v) is 4.80. The van der Waals surface area contributed by atoms with Crippen molar-refractivity contribution in [3.63, 3.8) is 0 Å². The highest BCUT2D eigenvalue weighted by Crippen LogP contribution is 2.30. The Bertz CT molecular complexity index is 175. The van der Waals surface area contributed by atoms with Crippen molar-refractivity contribution in [2.75, 3.05) is 19.8 Å². The molecule has 1 rings (SSSR count). The minimum Gasteiger partial charge on any atom is -0.351 e. The molecule has 102 valence electrons. The topological polar surface area (TPSA) is 30.5 Å². The number of nitrogens with one attached hydrogen (secondary N) is 1. The van der Waals surface area contributed by atoms with E-state index in [0.29, 0.717) is 6.04 Å². The van der Waals surface area contributed by atoms with Crippen LogP contribution in [0.3, 0.4) is 0 Å². The quantitative estimate of drug-likeness (QED) is 0.632. The van der Waals surface area contributed by atoms with Gasteiger partial charge in [-0.3, -0.25) is 0 Å². The van der Waals surface area contributed by atoms with Gasteiger partial charge in [0.1, 0.15) is 0 Å². The van der Waals surface area contributed by atoms with Gasteiger partial charge in [-0.25, -0.2) is 0 Å². The average Bonchev–Trinajstić information content (AvgIpc) is 2.84. The van der Waals surface area contributed by atoms with Crippen LogP contribution in [0.2, 0.25) is 0 Å². The molecule has 0 saturated heterocycles. The van der Waals surface area contributed by atoms with Gasteiger partial charge in [0.05, 0.1) is 6.04 Å². The van der Waals surface area contributed by atoms with E-state index < -0.39 is 0 Å². The lowest BCUT2D eigenvalue weighted by atomic mass is 9.97. The van der Waals surface area contributed by atoms with E-state index in [1.54, 1.807) is 0 Å². The molecule has 1 unspecified atom stereocenters. The summed E-state index contributed by atoms with van der Waals surface area (Å²) in [4.78, 5) is 0. The molecule has 0 aliphatic heterocycles. The summed E-state index contributed by atoms with van der Waals surface area (Å²) in [7, 11) is 0. The summed E-state index contributed by atoms with van der Waals surface area (Å²) in [5.41, 5.74) is 0. The standard InChI is InChI=1S/C14H29NO2/c1-4-11-15-13(12-9-7-8-10-12)14(16-5-2)17-6-3/h12-15H,4-11H2,1-3H3. The van der Waals surface area contributed by atoms with E-state index in [9.17, 15) is 0 Å². The van der Waals surface area contributed by atoms with E-state index in [0.717, 1.165) is 32.1 Å². The molecule has 1 atom stereocenters. The minimum atomic E-state index is -0.0698. The Morgan fingerprint density at radius 1 is 1.06 bits per heavy atom. The van der Waals surface area contributed by atoms with Crippen molar-refractivity contribution in [1.82, 2.24) is 5.32 Å². The van der Waals surface area contributed by atoms with Crippen molar-refractivity contribution in [2.24, 2.45) is 5.92 Å². The van der Waals surface area contributed by atoms with Crippen molar-refractivity contribution in [3.8, 4) is 0 Å². The molecule has 3 heteroatoms. The van der Waals surface area contributed by atoms with Gasteiger partial charge in [0.2, 0.25) is 0 Å². The lowest BCUT2D eigenvalue weighted by Gasteiger charge is -2.32. The summed E-state index contributed by atoms with van der Waals surface area (Å²) in [5.74, 6) is 0.727. The van der Waals surface area contributed by atoms with E-state index in [1.165, 1.54) is 25.7 Å². The van der Waals surface area contributed by atoms with E-state index in [4.69, 9.17) is 9.47 Å². The summed E-state index contributed by atoms with van der Waals surface area (Å²) in [6, 6.07) is 0.373. The molecule has 3 nitrogen and oxygen atoms in total. The second kappa shape index (κ2) is 8.90. The number of hydrogen-bond donors (Lipinski definition) is 1. The smallest absolute Gasteiger partial charge is 0.172 e. The van der Waals surface area contributed by atoms with E-state index in [-0.39, 0.29) is 6.29 Å². The lowest BCUT2D eigenvalue weighted by Crippen LogP contribution is -2.47. The molecule has 1 fully saturated rings. The fourth-order valence-corrected chi connectivity index (χ4v) is 2.70. The van der Waals surface area contributed by atoms with Gasteiger partial charge >= 0.3 is 0 Å². The zero-order valence-electron chi connectivity index (χ0n) is 11.7. The zero-order valence-corrected chi connectivity index (χ0v) is 11.7. The van der Waals surface area contributed by atoms with Crippen molar-refractivity contribution in [3.05, 3.63) is 0 Å². The first-order valence-electron chi connectivity index (χ1n) is 7.30. The summed E-state index contributed by atoms with van der Waals surface area (Å²) >= 11 is 0. The predicted octanol–water partition coefficient (Wildman–Crippen LogP) is 2.94. The highest BCUT2D eigenvalue weighted by molar-refractivity contribution is 4.83. The maximum atomic E-state index is 5.77. The minimum absolute atomic E-state index is 0.0698. The number of hydrogen-bond acceptors (Lipinski definition) is 3. The second-order valence-electron chi connectivity index (χ2n) is 4.80. The van der Waals surface area contributed by atoms with E-state index >= 15 is 0 Å². The summed E-state index contributed by atoms with van der Waals surface area (Å²) in [5, 5.41) is 3.63. The molecule has 0 radical (unpaired) electrons. The van der Waals surface area contributed by atoms with Crippen LogP contribution in [0.25, 0.3) is 0 Å². The molecule has 0 spiro atoms. The summed E-state index contributed by atoms with van der Waals surface area (Å²) < 4.78 is 11.5. The molecule has 0 aromatic carbocycles. The van der Waals surface area contributed by atoms with Crippen molar-refractivity contribution >= 4 is 0 Å². The van der Waals surface area contributed by atoms with E-state index in [2.05, 4.69) is 12.2 Å². The average molecular weight is 243 g/mol. The molecule has 0 bridgehead atoms. The third kappa shape index (κ3) is 4.94. The molecule has 1 saturated carbocycles. The van der Waals surface area contributed by atoms with Crippen LogP contribution in [0.4, 0.5) is 0 Å². The maximum absolute atomic E-state index is 5.77. The highest BCUT2D eigenvalue weighted by atomic mass is 16.7. The first-order chi connectivity index (χ1) is 8.33. The normalized spacial score (nSPS) is 19.1. The third-order valence-electron chi connectivity index (χ3n) is 3.49. The fraction of sp³-hybridized carbons (Fsp3) is 1.00. The molecular formula is C14H29NO2. The molecule has 1 aliphatic rings. The molecule has 17 heavy (non-hydrogen) atoms. The first-order valence-corrected chi connectivity index (χ1v) is 7.30. The van der Waals surface area contributed by atoms with E-state index in [1.807, 2.05) is 13.8 Å². The van der Waals surface area contributed by atoms with Crippen LogP contribution < -0.4 is 5.32 Å². The Kier molecular flexibility index (Phi) is 7.82. The third-order valence-corrected chi connectivity index (χ3v) is 3.49. The van der Waals surface area contributed by atoms with Gasteiger partial charge in [-0.05, 0) is 45.6 Å². The molecule has 0 heterocycles. The monoisotopic (exact) mass is 243 g/mol. The van der Waals surface area contributed by atoms with Crippen molar-refractivity contribution < 1.29 is 9.47 Å². The van der Waals surface area contributed by atoms with Gasteiger partial charge in [0.25, 0.3) is 0 Å². The Hall–Kier alpha value is -0.120. The molecule has 0 aromatic rings. The Balaban J connectivity index is 2.55. The molecule has 0 aromatic heterocycles. The Labute approximate surface area is 106 Å². The Morgan fingerprint density at radius 2 is 1.65 bits per heavy atom. The summed E-state index contributed by atoms with van der Waals surface area (Å²) in [6.07, 6.45) is 6.45. The van der Waals surface area contributed by atoms with Gasteiger partial charge in [0, 0.05) is 13.2 Å². The van der Waals surface area contributed by atoms with Crippen molar-refractivity contribution in [1.29, 1.82) is 0 Å². The van der Waals surface area contributed by atoms with Crippen LogP contribution in [0.15, 0.2) is 0 Å². The summed E-state index contributed by atoms with van der Waals surface area (Å²) in [6.45, 7) is 8.78. The first kappa shape index (κ1) is 14.9. The van der Waals surface area contributed by atoms with Crippen LogP contribution in [-0.2, 0) is 9.47 Å².